The lowest BCUT2D eigenvalue weighted by atomic mass is 10.1. The average molecular weight is 264 g/mol. The van der Waals surface area contributed by atoms with Crippen LogP contribution in [0.1, 0.15) is 35.2 Å². The zero-order valence-corrected chi connectivity index (χ0v) is 11.3. The first kappa shape index (κ1) is 13.4. The summed E-state index contributed by atoms with van der Waals surface area (Å²) < 4.78 is 0. The molecule has 1 aromatic carbocycles. The van der Waals surface area contributed by atoms with Gasteiger partial charge in [-0.25, -0.2) is 0 Å². The maximum Gasteiger partial charge on any atom is 0.248 e. The van der Waals surface area contributed by atoms with Gasteiger partial charge in [0.1, 0.15) is 0 Å². The topological polar surface area (TPSA) is 55.1 Å². The quantitative estimate of drug-likeness (QED) is 0.857. The number of benzene rings is 1. The second kappa shape index (κ2) is 6.81. The lowest BCUT2D eigenvalue weighted by molar-refractivity contribution is 0.100. The minimum absolute atomic E-state index is 0.367. The van der Waals surface area contributed by atoms with Crippen LogP contribution in [0, 0.1) is 0 Å². The molecule has 4 heteroatoms. The van der Waals surface area contributed by atoms with Gasteiger partial charge in [-0.3, -0.25) is 4.79 Å². The molecule has 1 amide bonds. The maximum absolute atomic E-state index is 10.9. The Morgan fingerprint density at radius 3 is 2.72 bits per heavy atom. The summed E-state index contributed by atoms with van der Waals surface area (Å²) in [6.07, 6.45) is 4.07. The van der Waals surface area contributed by atoms with Gasteiger partial charge in [-0.1, -0.05) is 18.6 Å². The van der Waals surface area contributed by atoms with E-state index in [-0.39, 0.29) is 5.91 Å². The van der Waals surface area contributed by atoms with Crippen molar-refractivity contribution in [1.29, 1.82) is 0 Å². The third-order valence-electron chi connectivity index (χ3n) is 3.21. The monoisotopic (exact) mass is 264 g/mol. The van der Waals surface area contributed by atoms with E-state index < -0.39 is 0 Å². The lowest BCUT2D eigenvalue weighted by Gasteiger charge is -2.21. The highest BCUT2D eigenvalue weighted by atomic mass is 32.2. The number of carbonyl (C=O) groups is 1. The number of nitrogens with one attached hydrogen (secondary N) is 1. The zero-order valence-electron chi connectivity index (χ0n) is 10.5. The van der Waals surface area contributed by atoms with E-state index in [1.54, 1.807) is 12.1 Å². The Hall–Kier alpha value is -1.00. The van der Waals surface area contributed by atoms with Crippen molar-refractivity contribution in [1.82, 2.24) is 5.32 Å². The third-order valence-corrected chi connectivity index (χ3v) is 4.61. The third kappa shape index (κ3) is 4.03. The van der Waals surface area contributed by atoms with Crippen LogP contribution in [0.3, 0.4) is 0 Å². The van der Waals surface area contributed by atoms with Crippen LogP contribution in [0.25, 0.3) is 0 Å². The van der Waals surface area contributed by atoms with Crippen LogP contribution < -0.4 is 11.1 Å². The molecule has 1 heterocycles. The molecule has 0 aromatic heterocycles. The number of hydrogen-bond donors (Lipinski definition) is 2. The van der Waals surface area contributed by atoms with Crippen LogP contribution >= 0.6 is 11.8 Å². The van der Waals surface area contributed by atoms with Gasteiger partial charge >= 0.3 is 0 Å². The number of carbonyl (C=O) groups excluding carboxylic acids is 1. The molecule has 98 valence electrons. The molecule has 1 aliphatic heterocycles. The first-order valence-electron chi connectivity index (χ1n) is 6.47. The first-order chi connectivity index (χ1) is 8.75. The minimum atomic E-state index is -0.367. The SMILES string of the molecule is NC(=O)c1ccc(CNCC2CCCCS2)cc1. The number of rotatable bonds is 5. The van der Waals surface area contributed by atoms with Gasteiger partial charge in [0, 0.05) is 23.9 Å². The van der Waals surface area contributed by atoms with Crippen molar-refractivity contribution in [3.63, 3.8) is 0 Å². The second-order valence-electron chi connectivity index (χ2n) is 4.68. The number of primary amides is 1. The van der Waals surface area contributed by atoms with E-state index in [2.05, 4.69) is 17.1 Å². The summed E-state index contributed by atoms with van der Waals surface area (Å²) in [6, 6.07) is 7.49. The molecule has 2 rings (SSSR count). The number of hydrogen-bond acceptors (Lipinski definition) is 3. The van der Waals surface area contributed by atoms with E-state index >= 15 is 0 Å². The maximum atomic E-state index is 10.9. The molecule has 0 bridgehead atoms. The Bertz CT molecular complexity index is 385. The molecule has 0 radical (unpaired) electrons. The summed E-state index contributed by atoms with van der Waals surface area (Å²) in [5, 5.41) is 4.25. The van der Waals surface area contributed by atoms with Crippen molar-refractivity contribution in [2.45, 2.75) is 31.1 Å². The van der Waals surface area contributed by atoms with E-state index in [1.807, 2.05) is 12.1 Å². The van der Waals surface area contributed by atoms with E-state index in [1.165, 1.54) is 30.6 Å². The summed E-state index contributed by atoms with van der Waals surface area (Å²) in [7, 11) is 0. The highest BCUT2D eigenvalue weighted by Gasteiger charge is 2.12. The number of amides is 1. The summed E-state index contributed by atoms with van der Waals surface area (Å²) in [6.45, 7) is 1.93. The Kier molecular flexibility index (Phi) is 5.08. The molecule has 0 saturated carbocycles. The zero-order chi connectivity index (χ0) is 12.8. The second-order valence-corrected chi connectivity index (χ2v) is 6.09. The fourth-order valence-corrected chi connectivity index (χ4v) is 3.41. The lowest BCUT2D eigenvalue weighted by Crippen LogP contribution is -2.26. The van der Waals surface area contributed by atoms with Crippen LogP contribution in [-0.2, 0) is 6.54 Å². The van der Waals surface area contributed by atoms with E-state index in [9.17, 15) is 4.79 Å². The molecule has 0 aliphatic carbocycles. The summed E-state index contributed by atoms with van der Waals surface area (Å²) in [5.41, 5.74) is 6.97. The van der Waals surface area contributed by atoms with Crippen molar-refractivity contribution >= 4 is 17.7 Å². The molecule has 3 nitrogen and oxygen atoms in total. The largest absolute Gasteiger partial charge is 0.366 e. The first-order valence-corrected chi connectivity index (χ1v) is 7.51. The standard InChI is InChI=1S/C14H20N2OS/c15-14(17)12-6-4-11(5-7-12)9-16-10-13-3-1-2-8-18-13/h4-7,13,16H,1-3,8-10H2,(H2,15,17). The van der Waals surface area contributed by atoms with Crippen molar-refractivity contribution in [2.24, 2.45) is 5.73 Å². The molecule has 3 N–H and O–H groups in total. The fourth-order valence-electron chi connectivity index (χ4n) is 2.13. The highest BCUT2D eigenvalue weighted by Crippen LogP contribution is 2.24. The molecule has 0 spiro atoms. The van der Waals surface area contributed by atoms with Gasteiger partial charge in [-0.15, -0.1) is 0 Å². The van der Waals surface area contributed by atoms with E-state index in [0.717, 1.165) is 18.3 Å². The van der Waals surface area contributed by atoms with Gasteiger partial charge < -0.3 is 11.1 Å². The summed E-state index contributed by atoms with van der Waals surface area (Å²) in [5.74, 6) is 0.938. The summed E-state index contributed by atoms with van der Waals surface area (Å²) in [4.78, 5) is 10.9. The predicted octanol–water partition coefficient (Wildman–Crippen LogP) is 2.16. The van der Waals surface area contributed by atoms with Gasteiger partial charge in [0.15, 0.2) is 0 Å². The van der Waals surface area contributed by atoms with Gasteiger partial charge in [0.2, 0.25) is 5.91 Å². The predicted molar refractivity (Wildman–Crippen MR) is 76.8 cm³/mol. The molecule has 1 aliphatic rings. The molecule has 1 aromatic rings. The molecule has 1 unspecified atom stereocenters. The van der Waals surface area contributed by atoms with Crippen LogP contribution in [0.5, 0.6) is 0 Å². The Morgan fingerprint density at radius 2 is 2.11 bits per heavy atom. The average Bonchev–Trinajstić information content (AvgIpc) is 2.40. The van der Waals surface area contributed by atoms with Crippen LogP contribution in [0.2, 0.25) is 0 Å². The Balaban J connectivity index is 1.74. The Labute approximate surface area is 113 Å². The molecule has 18 heavy (non-hydrogen) atoms. The van der Waals surface area contributed by atoms with Gasteiger partial charge in [-0.05, 0) is 36.3 Å². The van der Waals surface area contributed by atoms with Gasteiger partial charge in [0.05, 0.1) is 0 Å². The van der Waals surface area contributed by atoms with Crippen LogP contribution in [-0.4, -0.2) is 23.5 Å². The van der Waals surface area contributed by atoms with Gasteiger partial charge in [-0.2, -0.15) is 11.8 Å². The molecule has 1 saturated heterocycles. The van der Waals surface area contributed by atoms with Crippen molar-refractivity contribution in [2.75, 3.05) is 12.3 Å². The Morgan fingerprint density at radius 1 is 1.33 bits per heavy atom. The number of thioether (sulfide) groups is 1. The van der Waals surface area contributed by atoms with Crippen LogP contribution in [0.15, 0.2) is 24.3 Å². The minimum Gasteiger partial charge on any atom is -0.366 e. The smallest absolute Gasteiger partial charge is 0.248 e. The van der Waals surface area contributed by atoms with Crippen molar-refractivity contribution in [3.05, 3.63) is 35.4 Å². The summed E-state index contributed by atoms with van der Waals surface area (Å²) >= 11 is 2.08. The van der Waals surface area contributed by atoms with Gasteiger partial charge in [0.25, 0.3) is 0 Å². The van der Waals surface area contributed by atoms with Crippen LogP contribution in [0.4, 0.5) is 0 Å². The number of nitrogens with two attached hydrogens (primary N) is 1. The highest BCUT2D eigenvalue weighted by molar-refractivity contribution is 7.99. The fraction of sp³-hybridized carbons (Fsp3) is 0.500. The van der Waals surface area contributed by atoms with E-state index in [0.29, 0.717) is 5.56 Å². The molecular formula is C14H20N2OS. The van der Waals surface area contributed by atoms with E-state index in [4.69, 9.17) is 5.73 Å². The molecule has 1 atom stereocenters. The normalized spacial score (nSPS) is 19.7. The van der Waals surface area contributed by atoms with Crippen molar-refractivity contribution < 1.29 is 4.79 Å². The van der Waals surface area contributed by atoms with Crippen molar-refractivity contribution in [3.8, 4) is 0 Å². The molecular weight excluding hydrogens is 244 g/mol. The molecule has 1 fully saturated rings.